The lowest BCUT2D eigenvalue weighted by Crippen LogP contribution is -2.58. The zero-order chi connectivity index (χ0) is 33.9. The summed E-state index contributed by atoms with van der Waals surface area (Å²) < 4.78 is 18.7. The molecule has 5 atom stereocenters. The van der Waals surface area contributed by atoms with Gasteiger partial charge in [0.25, 0.3) is 0 Å². The molecule has 0 aliphatic carbocycles. The van der Waals surface area contributed by atoms with Gasteiger partial charge in [-0.3, -0.25) is 19.2 Å². The molecule has 242 valence electrons. The minimum atomic E-state index is -1.79. The summed E-state index contributed by atoms with van der Waals surface area (Å²) in [5.74, 6) is -4.06. The highest BCUT2D eigenvalue weighted by molar-refractivity contribution is 6.13. The van der Waals surface area contributed by atoms with Crippen LogP contribution in [-0.4, -0.2) is 73.0 Å². The van der Waals surface area contributed by atoms with Gasteiger partial charge in [0.15, 0.2) is 1.41 Å². The fourth-order valence-electron chi connectivity index (χ4n) is 4.80. The van der Waals surface area contributed by atoms with Crippen molar-refractivity contribution in [3.05, 3.63) is 46.3 Å². The number of epoxide rings is 1. The first-order chi connectivity index (χ1) is 21.2. The van der Waals surface area contributed by atoms with Gasteiger partial charge in [0, 0.05) is 4.91 Å². The van der Waals surface area contributed by atoms with Crippen LogP contribution in [0.1, 0.15) is 66.4 Å². The molecule has 0 spiro atoms. The molecule has 0 unspecified atom stereocenters. The molecule has 1 saturated heterocycles. The lowest BCUT2D eigenvalue weighted by molar-refractivity contribution is -0.152. The summed E-state index contributed by atoms with van der Waals surface area (Å²) in [6.45, 7) is 10.8. The van der Waals surface area contributed by atoms with Crippen LogP contribution in [0.3, 0.4) is 0 Å². The average Bonchev–Trinajstić information content (AvgIpc) is 3.79. The number of azide groups is 1. The van der Waals surface area contributed by atoms with Crippen molar-refractivity contribution in [1.82, 2.24) is 15.9 Å². The molecule has 0 radical (unpaired) electrons. The Morgan fingerprint density at radius 3 is 1.93 bits per heavy atom. The molecule has 1 aliphatic heterocycles. The zero-order valence-electron chi connectivity index (χ0n) is 27.6. The van der Waals surface area contributed by atoms with E-state index in [4.69, 9.17) is 16.4 Å². The Morgan fingerprint density at radius 1 is 0.909 bits per heavy atom. The van der Waals surface area contributed by atoms with Gasteiger partial charge in [-0.05, 0) is 54.5 Å². The van der Waals surface area contributed by atoms with Crippen LogP contribution in [0.2, 0.25) is 1.41 Å². The topological polar surface area (TPSA) is 192 Å². The zero-order valence-corrected chi connectivity index (χ0v) is 26.6. The average molecular weight is 616 g/mol. The third-order valence-electron chi connectivity index (χ3n) is 7.05. The van der Waals surface area contributed by atoms with Gasteiger partial charge in [-0.2, -0.15) is 0 Å². The normalized spacial score (nSPS) is 18.7. The van der Waals surface area contributed by atoms with E-state index in [9.17, 15) is 24.0 Å². The van der Waals surface area contributed by atoms with Crippen molar-refractivity contribution in [3.63, 3.8) is 0 Å². The smallest absolute Gasteiger partial charge is 0.348 e. The molecule has 1 heterocycles. The van der Waals surface area contributed by atoms with Crippen molar-refractivity contribution in [3.8, 4) is 0 Å². The number of amides is 3. The monoisotopic (exact) mass is 615 g/mol. The Morgan fingerprint density at radius 2 is 1.43 bits per heavy atom. The second-order valence-electron chi connectivity index (χ2n) is 12.4. The minimum Gasteiger partial charge on any atom is -0.466 e. The Hall–Kier alpha value is -3.96. The highest BCUT2D eigenvalue weighted by Gasteiger charge is 2.62. The first-order valence-corrected chi connectivity index (χ1v) is 14.9. The van der Waals surface area contributed by atoms with Crippen LogP contribution in [0.5, 0.6) is 0 Å². The van der Waals surface area contributed by atoms with Crippen molar-refractivity contribution in [1.29, 1.82) is 0 Å². The Kier molecular flexibility index (Phi) is 13.2. The number of hydrogen-bond donors (Lipinski definition) is 3. The summed E-state index contributed by atoms with van der Waals surface area (Å²) in [6, 6.07) is 4.15. The number of ether oxygens (including phenoxy) is 2. The number of Topliss-reactive ketones (excluding diaryl/α,β-unsaturated/α-hetero) is 1. The quantitative estimate of drug-likeness (QED) is 0.0564. The molecule has 2 rings (SSSR count). The van der Waals surface area contributed by atoms with E-state index >= 15 is 0 Å². The van der Waals surface area contributed by atoms with E-state index in [-0.39, 0.29) is 50.0 Å². The molecule has 0 saturated carbocycles. The van der Waals surface area contributed by atoms with Gasteiger partial charge in [-0.25, -0.2) is 4.79 Å². The van der Waals surface area contributed by atoms with Crippen LogP contribution in [0.25, 0.3) is 10.4 Å². The molecule has 3 amide bonds. The standard InChI is InChI=1S/C31H46N6O7/c1-18(2)13-22(26(38)31(17-44-31)30(42)43-7)33-27(39)23(14-19(3)4)34-28(40)24(15-20(5)6)35-29(41)25(36-37-32)16-21-11-9-8-10-12-21/h8-12,18-20,22-25H,13-17H2,1-7H3,(H,33,39)(H,34,40)(H,35,41)/t22-,23-,24-,25-,31-/m0/s1/i/hD. The van der Waals surface area contributed by atoms with Gasteiger partial charge in [0.1, 0.15) is 18.1 Å². The van der Waals surface area contributed by atoms with E-state index in [0.29, 0.717) is 5.31 Å². The number of esters is 1. The summed E-state index contributed by atoms with van der Waals surface area (Å²) in [5.41, 5.74) is 8.06. The van der Waals surface area contributed by atoms with Crippen molar-refractivity contribution >= 4 is 29.5 Å². The van der Waals surface area contributed by atoms with Crippen LogP contribution >= 0.6 is 0 Å². The number of hydrogen-bond acceptors (Lipinski definition) is 8. The van der Waals surface area contributed by atoms with Gasteiger partial charge < -0.3 is 25.4 Å². The van der Waals surface area contributed by atoms with E-state index in [2.05, 4.69) is 20.7 Å². The fourth-order valence-corrected chi connectivity index (χ4v) is 4.80. The van der Waals surface area contributed by atoms with Crippen LogP contribution in [-0.2, 0) is 39.9 Å². The second-order valence-corrected chi connectivity index (χ2v) is 12.4. The highest BCUT2D eigenvalue weighted by Crippen LogP contribution is 2.32. The first kappa shape index (κ1) is 34.5. The molecular formula is C31H46N6O7. The summed E-state index contributed by atoms with van der Waals surface area (Å²) in [4.78, 5) is 69.2. The van der Waals surface area contributed by atoms with E-state index in [0.717, 1.165) is 12.7 Å². The summed E-state index contributed by atoms with van der Waals surface area (Å²) in [6.07, 6.45) is 0.517. The number of carbonyl (C=O) groups is 5. The molecule has 3 N–H and O–H groups in total. The SMILES string of the molecule is [2H]N(C(=O)[C@H](CC(C)C)NC(=O)[C@H](Cc1ccccc1)N=[N+]=[N-])[C@@H](CC(C)C)C(=O)N[C@@H](CC(C)C)C(=O)[C@]1(C(=O)OC)CO1. The molecular weight excluding hydrogens is 568 g/mol. The second kappa shape index (κ2) is 16.8. The lowest BCUT2D eigenvalue weighted by atomic mass is 9.91. The van der Waals surface area contributed by atoms with Gasteiger partial charge in [-0.15, -0.1) is 0 Å². The Labute approximate surface area is 260 Å². The predicted octanol–water partition coefficient (Wildman–Crippen LogP) is 3.01. The lowest BCUT2D eigenvalue weighted by Gasteiger charge is -2.28. The molecule has 1 aromatic carbocycles. The third-order valence-corrected chi connectivity index (χ3v) is 7.05. The third kappa shape index (κ3) is 10.6. The molecule has 13 heteroatoms. The maximum Gasteiger partial charge on any atom is 0.348 e. The van der Waals surface area contributed by atoms with Crippen molar-refractivity contribution in [2.75, 3.05) is 13.7 Å². The largest absolute Gasteiger partial charge is 0.466 e. The minimum absolute atomic E-state index is 0.0597. The van der Waals surface area contributed by atoms with Gasteiger partial charge in [-0.1, -0.05) is 77.0 Å². The van der Waals surface area contributed by atoms with Crippen molar-refractivity contribution < 1.29 is 34.9 Å². The molecule has 1 aliphatic rings. The number of ketones is 1. The summed E-state index contributed by atoms with van der Waals surface area (Å²) >= 11 is 0. The van der Waals surface area contributed by atoms with Crippen LogP contribution < -0.4 is 15.9 Å². The number of nitrogens with zero attached hydrogens (tertiary/aromatic N) is 3. The maximum atomic E-state index is 13.8. The van der Waals surface area contributed by atoms with E-state index in [1.54, 1.807) is 24.3 Å². The van der Waals surface area contributed by atoms with Crippen LogP contribution in [0.15, 0.2) is 35.4 Å². The molecule has 13 nitrogen and oxygen atoms in total. The van der Waals surface area contributed by atoms with Crippen LogP contribution in [0.4, 0.5) is 0 Å². The van der Waals surface area contributed by atoms with Crippen LogP contribution in [0, 0.1) is 17.8 Å². The first-order valence-electron chi connectivity index (χ1n) is 15.4. The number of methoxy groups -OCH3 is 1. The van der Waals surface area contributed by atoms with Crippen molar-refractivity contribution in [2.24, 2.45) is 22.9 Å². The summed E-state index contributed by atoms with van der Waals surface area (Å²) in [5, 5.41) is 9.49. The van der Waals surface area contributed by atoms with Gasteiger partial charge in [0.05, 0.1) is 19.8 Å². The predicted molar refractivity (Wildman–Crippen MR) is 163 cm³/mol. The highest BCUT2D eigenvalue weighted by atomic mass is 16.6. The van der Waals surface area contributed by atoms with Gasteiger partial charge in [0.2, 0.25) is 29.1 Å². The molecule has 44 heavy (non-hydrogen) atoms. The molecule has 0 aromatic heterocycles. The Bertz CT molecular complexity index is 1250. The molecule has 1 fully saturated rings. The molecule has 0 bridgehead atoms. The summed E-state index contributed by atoms with van der Waals surface area (Å²) in [7, 11) is 1.14. The number of carbonyl (C=O) groups excluding carboxylic acids is 5. The number of benzene rings is 1. The Balaban J connectivity index is 2.32. The van der Waals surface area contributed by atoms with E-state index < -0.39 is 59.2 Å². The number of nitrogens with one attached hydrogen (secondary N) is 3. The van der Waals surface area contributed by atoms with E-state index in [1.165, 1.54) is 0 Å². The van der Waals surface area contributed by atoms with Crippen molar-refractivity contribution in [2.45, 2.75) is 97.0 Å². The molecule has 1 aromatic rings. The maximum absolute atomic E-state index is 13.8. The fraction of sp³-hybridized carbons (Fsp3) is 0.645. The number of rotatable bonds is 18. The van der Waals surface area contributed by atoms with E-state index in [1.807, 2.05) is 47.6 Å². The van der Waals surface area contributed by atoms with Gasteiger partial charge >= 0.3 is 5.97 Å².